The van der Waals surface area contributed by atoms with Crippen LogP contribution in [-0.2, 0) is 55.5 Å². The zero-order valence-corrected chi connectivity index (χ0v) is 34.7. The fraction of sp³-hybridized carbons (Fsp3) is 0.552. The number of rotatable bonds is 24. The number of thioether (sulfide) groups is 1. The standard InChI is InChI=1S/C29H44N7O19P3S/c1-29(2,24(42)27(43)32-10-9-18(37)31-11-12-59-20(40)8-6-4-3-5-7-19(38)39)14-52-58(49,50)55-57(47,48)51-13-17-23(54-56(44,45)46)22(41)28(53-17)36-16-35-21-25(30)33-15-34-26(21)36/h4-7,15-17,22-24,28,41-42H,3,8-14H2,1-2H3,(H,31,37)(H,32,43)(H,38,39)(H,47,48)(H,49,50)(H2,30,33,34)(H2,44,45,46)/b6-4+,7-5+. The number of hydrogen-bond acceptors (Lipinski definition) is 19. The Labute approximate surface area is 339 Å². The molecule has 1 aliphatic rings. The van der Waals surface area contributed by atoms with E-state index >= 15 is 0 Å². The molecule has 2 aromatic heterocycles. The van der Waals surface area contributed by atoms with Crippen LogP contribution >= 0.6 is 35.2 Å². The molecule has 2 amide bonds. The number of nitrogen functional groups attached to an aromatic ring is 1. The lowest BCUT2D eigenvalue weighted by Gasteiger charge is -2.30. The number of allylic oxidation sites excluding steroid dienone is 3. The van der Waals surface area contributed by atoms with Crippen LogP contribution in [0.15, 0.2) is 37.0 Å². The van der Waals surface area contributed by atoms with Crippen molar-refractivity contribution in [2.45, 2.75) is 63.8 Å². The largest absolute Gasteiger partial charge is 0.481 e. The van der Waals surface area contributed by atoms with Crippen molar-refractivity contribution in [3.8, 4) is 0 Å². The number of aliphatic hydroxyl groups is 2. The third kappa shape index (κ3) is 16.5. The number of aliphatic carboxylic acids is 1. The van der Waals surface area contributed by atoms with E-state index in [1.807, 2.05) is 0 Å². The van der Waals surface area contributed by atoms with Crippen molar-refractivity contribution in [3.63, 3.8) is 0 Å². The summed E-state index contributed by atoms with van der Waals surface area (Å²) in [6.07, 6.45) is -0.951. The van der Waals surface area contributed by atoms with Gasteiger partial charge in [-0.2, -0.15) is 4.31 Å². The number of nitrogens with zero attached hydrogens (tertiary/aromatic N) is 4. The average molecular weight is 920 g/mol. The van der Waals surface area contributed by atoms with Gasteiger partial charge in [-0.05, 0) is 6.42 Å². The van der Waals surface area contributed by atoms with Gasteiger partial charge in [0.2, 0.25) is 11.8 Å². The molecule has 7 atom stereocenters. The van der Waals surface area contributed by atoms with Crippen LogP contribution in [0.4, 0.5) is 5.82 Å². The molecule has 330 valence electrons. The zero-order chi connectivity index (χ0) is 44.2. The van der Waals surface area contributed by atoms with Gasteiger partial charge in [0.15, 0.2) is 22.8 Å². The summed E-state index contributed by atoms with van der Waals surface area (Å²) in [6, 6.07) is 0. The first-order valence-electron chi connectivity index (χ1n) is 17.0. The number of hydrogen-bond donors (Lipinski definition) is 10. The Balaban J connectivity index is 1.44. The maximum absolute atomic E-state index is 12.7. The molecule has 0 radical (unpaired) electrons. The van der Waals surface area contributed by atoms with Crippen LogP contribution in [0.3, 0.4) is 0 Å². The fourth-order valence-corrected chi connectivity index (χ4v) is 8.35. The van der Waals surface area contributed by atoms with Crippen molar-refractivity contribution in [3.05, 3.63) is 37.0 Å². The lowest BCUT2D eigenvalue weighted by atomic mass is 9.87. The Kier molecular flexibility index (Phi) is 18.5. The third-order valence-corrected chi connectivity index (χ3v) is 11.7. The summed E-state index contributed by atoms with van der Waals surface area (Å²) < 4.78 is 62.1. The molecule has 3 heterocycles. The summed E-state index contributed by atoms with van der Waals surface area (Å²) >= 11 is 0.976. The Bertz CT molecular complexity index is 2010. The van der Waals surface area contributed by atoms with Gasteiger partial charge in [0.05, 0.1) is 19.5 Å². The summed E-state index contributed by atoms with van der Waals surface area (Å²) in [7, 11) is -16.4. The summed E-state index contributed by atoms with van der Waals surface area (Å²) in [6.45, 7) is 0.309. The predicted molar refractivity (Wildman–Crippen MR) is 202 cm³/mol. The molecular formula is C29H44N7O19P3S. The maximum Gasteiger partial charge on any atom is 0.481 e. The van der Waals surface area contributed by atoms with Crippen molar-refractivity contribution < 1.29 is 90.4 Å². The number of carbonyl (C=O) groups is 4. The van der Waals surface area contributed by atoms with Gasteiger partial charge in [-0.3, -0.25) is 32.5 Å². The highest BCUT2D eigenvalue weighted by Crippen LogP contribution is 2.61. The summed E-state index contributed by atoms with van der Waals surface area (Å²) in [5.41, 5.74) is 4.21. The SMILES string of the molecule is CC(C)(COP(=O)(O)OP(=O)(O)OCC1OC(n2cnc3c(N)ncnc32)C(O)C1OP(=O)(O)O)C(O)C(=O)NCCC(=O)NCCSC(=O)C/C=C/C/C=C/C(=O)O. The molecule has 0 spiro atoms. The number of ether oxygens (including phenoxy) is 1. The van der Waals surface area contributed by atoms with Crippen LogP contribution in [0.5, 0.6) is 0 Å². The molecule has 11 N–H and O–H groups in total. The minimum atomic E-state index is -5.59. The molecule has 7 unspecified atom stereocenters. The van der Waals surface area contributed by atoms with Gasteiger partial charge >= 0.3 is 29.4 Å². The van der Waals surface area contributed by atoms with E-state index in [4.69, 9.17) is 24.6 Å². The van der Waals surface area contributed by atoms with Crippen molar-refractivity contribution >= 4 is 75.1 Å². The van der Waals surface area contributed by atoms with E-state index in [0.29, 0.717) is 6.42 Å². The molecule has 0 aliphatic carbocycles. The van der Waals surface area contributed by atoms with E-state index in [1.54, 1.807) is 12.2 Å². The number of nitrogens with one attached hydrogen (secondary N) is 2. The summed E-state index contributed by atoms with van der Waals surface area (Å²) in [5, 5.41) is 34.6. The smallest absolute Gasteiger partial charge is 0.478 e. The number of aromatic nitrogens is 4. The maximum atomic E-state index is 12.7. The van der Waals surface area contributed by atoms with Crippen molar-refractivity contribution in [1.29, 1.82) is 0 Å². The average Bonchev–Trinajstić information content (AvgIpc) is 3.69. The Hall–Kier alpha value is -3.49. The van der Waals surface area contributed by atoms with Gasteiger partial charge in [-0.15, -0.1) is 0 Å². The van der Waals surface area contributed by atoms with Gasteiger partial charge < -0.3 is 56.0 Å². The minimum absolute atomic E-state index is 0.0208. The lowest BCUT2D eigenvalue weighted by Crippen LogP contribution is -2.46. The first kappa shape index (κ1) is 49.9. The van der Waals surface area contributed by atoms with E-state index < -0.39 is 90.5 Å². The molecule has 59 heavy (non-hydrogen) atoms. The van der Waals surface area contributed by atoms with Crippen LogP contribution < -0.4 is 16.4 Å². The second-order valence-electron chi connectivity index (χ2n) is 12.9. The third-order valence-electron chi connectivity index (χ3n) is 7.75. The summed E-state index contributed by atoms with van der Waals surface area (Å²) in [5.74, 6) is -2.35. The molecule has 2 aromatic rings. The number of imidazole rings is 1. The van der Waals surface area contributed by atoms with E-state index in [9.17, 15) is 62.7 Å². The minimum Gasteiger partial charge on any atom is -0.478 e. The zero-order valence-electron chi connectivity index (χ0n) is 31.2. The van der Waals surface area contributed by atoms with Crippen LogP contribution in [0.2, 0.25) is 0 Å². The highest BCUT2D eigenvalue weighted by Gasteiger charge is 2.50. The molecular weight excluding hydrogens is 875 g/mol. The summed E-state index contributed by atoms with van der Waals surface area (Å²) in [4.78, 5) is 97.9. The number of phosphoric ester groups is 3. The number of carboxylic acids is 1. The van der Waals surface area contributed by atoms with E-state index in [-0.39, 0.29) is 53.8 Å². The van der Waals surface area contributed by atoms with Gasteiger partial charge in [-0.25, -0.2) is 33.4 Å². The van der Waals surface area contributed by atoms with Crippen molar-refractivity contribution in [2.24, 2.45) is 5.41 Å². The van der Waals surface area contributed by atoms with Crippen LogP contribution in [-0.4, -0.2) is 134 Å². The van der Waals surface area contributed by atoms with Crippen molar-refractivity contribution in [2.75, 3.05) is 37.8 Å². The molecule has 26 nitrogen and oxygen atoms in total. The molecule has 30 heteroatoms. The molecule has 1 fully saturated rings. The molecule has 0 bridgehead atoms. The quantitative estimate of drug-likeness (QED) is 0.0278. The van der Waals surface area contributed by atoms with E-state index in [1.165, 1.54) is 19.9 Å². The number of phosphoric acid groups is 3. The number of fused-ring (bicyclic) bond motifs is 1. The molecule has 1 aliphatic heterocycles. The number of anilines is 1. The second-order valence-corrected chi connectivity index (χ2v) is 18.3. The van der Waals surface area contributed by atoms with Crippen molar-refractivity contribution in [1.82, 2.24) is 30.2 Å². The van der Waals surface area contributed by atoms with E-state index in [0.717, 1.165) is 35.1 Å². The monoisotopic (exact) mass is 919 g/mol. The Morgan fingerprint density at radius 2 is 1.73 bits per heavy atom. The number of amides is 2. The molecule has 1 saturated heterocycles. The molecule has 0 saturated carbocycles. The number of nitrogens with two attached hydrogens (primary N) is 1. The number of carbonyl (C=O) groups excluding carboxylic acids is 3. The Morgan fingerprint density at radius 3 is 2.41 bits per heavy atom. The molecule has 3 rings (SSSR count). The fourth-order valence-electron chi connectivity index (χ4n) is 4.88. The first-order valence-corrected chi connectivity index (χ1v) is 22.5. The van der Waals surface area contributed by atoms with Crippen LogP contribution in [0.25, 0.3) is 11.2 Å². The van der Waals surface area contributed by atoms with Gasteiger partial charge in [0.25, 0.3) is 0 Å². The van der Waals surface area contributed by atoms with E-state index in [2.05, 4.69) is 34.4 Å². The topological polar surface area (TPSA) is 401 Å². The number of aliphatic hydroxyl groups excluding tert-OH is 2. The highest BCUT2D eigenvalue weighted by atomic mass is 32.2. The Morgan fingerprint density at radius 1 is 1.03 bits per heavy atom. The highest BCUT2D eigenvalue weighted by molar-refractivity contribution is 8.13. The van der Waals surface area contributed by atoms with Crippen LogP contribution in [0.1, 0.15) is 39.3 Å². The van der Waals surface area contributed by atoms with Gasteiger partial charge in [-0.1, -0.05) is 43.8 Å². The predicted octanol–water partition coefficient (Wildman–Crippen LogP) is -0.358. The number of carboxylic acid groups (broad SMARTS) is 1. The van der Waals surface area contributed by atoms with Gasteiger partial charge in [0, 0.05) is 43.2 Å². The second kappa shape index (κ2) is 21.9. The van der Waals surface area contributed by atoms with Gasteiger partial charge in [0.1, 0.15) is 36.3 Å². The van der Waals surface area contributed by atoms with Crippen LogP contribution in [0, 0.1) is 5.41 Å². The molecule has 0 aromatic carbocycles. The lowest BCUT2D eigenvalue weighted by molar-refractivity contribution is -0.137. The normalized spacial score (nSPS) is 21.4. The first-order chi connectivity index (χ1) is 27.4.